The van der Waals surface area contributed by atoms with Crippen LogP contribution in [0.4, 0.5) is 5.82 Å². The molecule has 0 spiro atoms. The average Bonchev–Trinajstić information content (AvgIpc) is 3.48. The molecule has 0 saturated carbocycles. The van der Waals surface area contributed by atoms with Crippen LogP contribution < -0.4 is 5.32 Å². The SMILES string of the molecule is O=C(/C=C/c1cccs1)N1CCC(Nc2cc(-c3ccccc3Cl)nc3c(Br)cnn23)CC1. The summed E-state index contributed by atoms with van der Waals surface area (Å²) in [4.78, 5) is 20.3. The van der Waals surface area contributed by atoms with E-state index in [1.807, 2.05) is 58.8 Å². The summed E-state index contributed by atoms with van der Waals surface area (Å²) in [5, 5.41) is 10.8. The number of nitrogens with one attached hydrogen (secondary N) is 1. The number of amides is 1. The van der Waals surface area contributed by atoms with Crippen LogP contribution >= 0.6 is 38.9 Å². The fourth-order valence-corrected chi connectivity index (χ4v) is 5.14. The fraction of sp³-hybridized carbons (Fsp3) is 0.208. The number of halogens is 2. The minimum Gasteiger partial charge on any atom is -0.367 e. The van der Waals surface area contributed by atoms with E-state index in [0.29, 0.717) is 18.1 Å². The zero-order valence-corrected chi connectivity index (χ0v) is 20.8. The van der Waals surface area contributed by atoms with E-state index in [1.165, 1.54) is 0 Å². The Kier molecular flexibility index (Phi) is 6.48. The van der Waals surface area contributed by atoms with E-state index < -0.39 is 0 Å². The topological polar surface area (TPSA) is 62.5 Å². The van der Waals surface area contributed by atoms with Gasteiger partial charge in [-0.05, 0) is 52.4 Å². The molecule has 0 atom stereocenters. The van der Waals surface area contributed by atoms with Crippen molar-refractivity contribution >= 4 is 62.3 Å². The van der Waals surface area contributed by atoms with Gasteiger partial charge in [-0.25, -0.2) is 4.98 Å². The van der Waals surface area contributed by atoms with Crippen molar-refractivity contribution in [3.8, 4) is 11.3 Å². The number of hydrogen-bond donors (Lipinski definition) is 1. The molecule has 1 aliphatic rings. The van der Waals surface area contributed by atoms with Crippen LogP contribution in [0.15, 0.2) is 64.6 Å². The smallest absolute Gasteiger partial charge is 0.246 e. The molecule has 1 fully saturated rings. The summed E-state index contributed by atoms with van der Waals surface area (Å²) < 4.78 is 2.61. The Morgan fingerprint density at radius 3 is 2.79 bits per heavy atom. The number of carbonyl (C=O) groups is 1. The molecular formula is C24H21BrClN5OS. The van der Waals surface area contributed by atoms with Gasteiger partial charge in [0, 0.05) is 46.7 Å². The lowest BCUT2D eigenvalue weighted by Gasteiger charge is -2.32. The van der Waals surface area contributed by atoms with Crippen molar-refractivity contribution in [3.63, 3.8) is 0 Å². The Bertz CT molecular complexity index is 1310. The summed E-state index contributed by atoms with van der Waals surface area (Å²) in [5.41, 5.74) is 2.38. The monoisotopic (exact) mass is 541 g/mol. The minimum atomic E-state index is 0.0603. The maximum Gasteiger partial charge on any atom is 0.246 e. The Balaban J connectivity index is 1.32. The lowest BCUT2D eigenvalue weighted by atomic mass is 10.0. The van der Waals surface area contributed by atoms with Crippen molar-refractivity contribution in [2.24, 2.45) is 0 Å². The van der Waals surface area contributed by atoms with Gasteiger partial charge < -0.3 is 10.2 Å². The van der Waals surface area contributed by atoms with Crippen molar-refractivity contribution in [1.29, 1.82) is 0 Å². The second kappa shape index (κ2) is 9.67. The van der Waals surface area contributed by atoms with Gasteiger partial charge in [0.2, 0.25) is 5.91 Å². The molecule has 4 aromatic rings. The van der Waals surface area contributed by atoms with Crippen molar-refractivity contribution in [3.05, 3.63) is 74.5 Å². The van der Waals surface area contributed by atoms with Crippen molar-refractivity contribution < 1.29 is 4.79 Å². The van der Waals surface area contributed by atoms with Crippen LogP contribution in [0, 0.1) is 0 Å². The predicted octanol–water partition coefficient (Wildman–Crippen LogP) is 5.99. The van der Waals surface area contributed by atoms with Gasteiger partial charge in [-0.2, -0.15) is 9.61 Å². The zero-order valence-electron chi connectivity index (χ0n) is 17.6. The summed E-state index contributed by atoms with van der Waals surface area (Å²) in [7, 11) is 0. The molecule has 1 saturated heterocycles. The van der Waals surface area contributed by atoms with Gasteiger partial charge in [0.15, 0.2) is 5.65 Å². The number of thiophene rings is 1. The van der Waals surface area contributed by atoms with Crippen LogP contribution in [-0.4, -0.2) is 44.5 Å². The van der Waals surface area contributed by atoms with Crippen LogP contribution in [0.2, 0.25) is 5.02 Å². The molecule has 0 aliphatic carbocycles. The summed E-state index contributed by atoms with van der Waals surface area (Å²) in [5.74, 6) is 0.910. The van der Waals surface area contributed by atoms with E-state index in [4.69, 9.17) is 16.6 Å². The first-order valence-corrected chi connectivity index (χ1v) is 12.7. The molecule has 0 unspecified atom stereocenters. The first-order chi connectivity index (χ1) is 16.1. The second-order valence-electron chi connectivity index (χ2n) is 7.83. The number of fused-ring (bicyclic) bond motifs is 1. The summed E-state index contributed by atoms with van der Waals surface area (Å²) >= 11 is 11.6. The summed E-state index contributed by atoms with van der Waals surface area (Å²) in [6.07, 6.45) is 7.00. The number of anilines is 1. The van der Waals surface area contributed by atoms with Crippen molar-refractivity contribution in [2.45, 2.75) is 18.9 Å². The van der Waals surface area contributed by atoms with Gasteiger partial charge >= 0.3 is 0 Å². The maximum absolute atomic E-state index is 12.6. The van der Waals surface area contributed by atoms with Crippen LogP contribution in [0.5, 0.6) is 0 Å². The Hall–Kier alpha value is -2.68. The number of nitrogens with zero attached hydrogens (tertiary/aromatic N) is 4. The highest BCUT2D eigenvalue weighted by Gasteiger charge is 2.23. The van der Waals surface area contributed by atoms with Crippen molar-refractivity contribution in [2.75, 3.05) is 18.4 Å². The predicted molar refractivity (Wildman–Crippen MR) is 138 cm³/mol. The van der Waals surface area contributed by atoms with Gasteiger partial charge in [0.1, 0.15) is 5.82 Å². The number of likely N-dealkylation sites (tertiary alicyclic amines) is 1. The van der Waals surface area contributed by atoms with Crippen LogP contribution in [0.3, 0.4) is 0 Å². The number of aromatic nitrogens is 3. The number of rotatable bonds is 5. The number of benzene rings is 1. The highest BCUT2D eigenvalue weighted by atomic mass is 79.9. The highest BCUT2D eigenvalue weighted by molar-refractivity contribution is 9.10. The third-order valence-electron chi connectivity index (χ3n) is 5.67. The molecular weight excluding hydrogens is 522 g/mol. The molecule has 0 bridgehead atoms. The van der Waals surface area contributed by atoms with E-state index in [9.17, 15) is 4.79 Å². The zero-order chi connectivity index (χ0) is 22.8. The third-order valence-corrected chi connectivity index (χ3v) is 7.40. The van der Waals surface area contributed by atoms with E-state index >= 15 is 0 Å². The number of piperidine rings is 1. The van der Waals surface area contributed by atoms with Gasteiger partial charge in [-0.1, -0.05) is 35.9 Å². The molecule has 5 rings (SSSR count). The highest BCUT2D eigenvalue weighted by Crippen LogP contribution is 2.31. The lowest BCUT2D eigenvalue weighted by molar-refractivity contribution is -0.126. The molecule has 1 aliphatic heterocycles. The summed E-state index contributed by atoms with van der Waals surface area (Å²) in [6.45, 7) is 1.42. The molecule has 4 heterocycles. The van der Waals surface area contributed by atoms with Crippen LogP contribution in [0.25, 0.3) is 23.0 Å². The average molecular weight is 543 g/mol. The minimum absolute atomic E-state index is 0.0603. The largest absolute Gasteiger partial charge is 0.367 e. The lowest BCUT2D eigenvalue weighted by Crippen LogP contribution is -2.42. The molecule has 3 aromatic heterocycles. The van der Waals surface area contributed by atoms with E-state index in [-0.39, 0.29) is 11.9 Å². The molecule has 6 nitrogen and oxygen atoms in total. The fourth-order valence-electron chi connectivity index (χ4n) is 3.94. The van der Waals surface area contributed by atoms with Crippen LogP contribution in [0.1, 0.15) is 17.7 Å². The van der Waals surface area contributed by atoms with Crippen molar-refractivity contribution in [1.82, 2.24) is 19.5 Å². The first-order valence-electron chi connectivity index (χ1n) is 10.6. The number of hydrogen-bond acceptors (Lipinski definition) is 5. The maximum atomic E-state index is 12.6. The normalized spacial score (nSPS) is 14.9. The van der Waals surface area contributed by atoms with E-state index in [2.05, 4.69) is 26.3 Å². The Morgan fingerprint density at radius 2 is 2.03 bits per heavy atom. The van der Waals surface area contributed by atoms with Gasteiger partial charge in [-0.3, -0.25) is 4.79 Å². The van der Waals surface area contributed by atoms with Gasteiger partial charge in [0.25, 0.3) is 0 Å². The van der Waals surface area contributed by atoms with E-state index in [0.717, 1.165) is 44.9 Å². The molecule has 33 heavy (non-hydrogen) atoms. The molecule has 0 radical (unpaired) electrons. The van der Waals surface area contributed by atoms with Crippen LogP contribution in [-0.2, 0) is 4.79 Å². The third kappa shape index (κ3) is 4.83. The Morgan fingerprint density at radius 1 is 1.21 bits per heavy atom. The Labute approximate surface area is 209 Å². The van der Waals surface area contributed by atoms with Gasteiger partial charge in [0.05, 0.1) is 16.4 Å². The molecule has 1 aromatic carbocycles. The molecule has 168 valence electrons. The molecule has 9 heteroatoms. The van der Waals surface area contributed by atoms with Gasteiger partial charge in [-0.15, -0.1) is 11.3 Å². The molecule has 1 N–H and O–H groups in total. The second-order valence-corrected chi connectivity index (χ2v) is 10.1. The first kappa shape index (κ1) is 22.1. The number of carbonyl (C=O) groups excluding carboxylic acids is 1. The quantitative estimate of drug-likeness (QED) is 0.315. The summed E-state index contributed by atoms with van der Waals surface area (Å²) in [6, 6.07) is 13.9. The standard InChI is InChI=1S/C24H21BrClN5OS/c25-19-15-27-31-22(14-21(29-24(19)31)18-5-1-2-6-20(18)26)28-16-9-11-30(12-10-16)23(32)8-7-17-4-3-13-33-17/h1-8,13-16,28H,9-12H2/b8-7+. The van der Waals surface area contributed by atoms with E-state index in [1.54, 1.807) is 28.1 Å². The molecule has 1 amide bonds.